The Morgan fingerprint density at radius 2 is 1.81 bits per heavy atom. The molecule has 1 atom stereocenters. The first-order valence-electron chi connectivity index (χ1n) is 6.76. The van der Waals surface area contributed by atoms with E-state index in [0.717, 1.165) is 13.0 Å². The monoisotopic (exact) mass is 228 g/mol. The Morgan fingerprint density at radius 1 is 1.25 bits per heavy atom. The van der Waals surface area contributed by atoms with E-state index in [2.05, 4.69) is 18.7 Å². The number of aliphatic hydroxyl groups excluding tert-OH is 1. The van der Waals surface area contributed by atoms with Gasteiger partial charge in [-0.15, -0.1) is 0 Å². The maximum absolute atomic E-state index is 9.43. The van der Waals surface area contributed by atoms with Crippen LogP contribution in [0.4, 0.5) is 0 Å². The van der Waals surface area contributed by atoms with Gasteiger partial charge in [-0.05, 0) is 37.8 Å². The van der Waals surface area contributed by atoms with E-state index in [-0.39, 0.29) is 6.10 Å². The molecule has 1 aliphatic heterocycles. The standard InChI is InChI=1S/C13H28N2O/c1-3-13(4-2)6-9-15(10-7-13)8-5-12(16)11-14/h12,16H,3-11,14H2,1-2H3. The summed E-state index contributed by atoms with van der Waals surface area (Å²) in [7, 11) is 0. The Morgan fingerprint density at radius 3 is 2.25 bits per heavy atom. The molecule has 0 aromatic carbocycles. The third-order valence-corrected chi connectivity index (χ3v) is 4.47. The lowest BCUT2D eigenvalue weighted by molar-refractivity contribution is 0.0798. The van der Waals surface area contributed by atoms with Crippen molar-refractivity contribution >= 4 is 0 Å². The van der Waals surface area contributed by atoms with Gasteiger partial charge in [0.1, 0.15) is 0 Å². The molecule has 1 aliphatic rings. The number of aliphatic hydroxyl groups is 1. The minimum atomic E-state index is -0.316. The minimum absolute atomic E-state index is 0.316. The van der Waals surface area contributed by atoms with E-state index in [9.17, 15) is 5.11 Å². The van der Waals surface area contributed by atoms with E-state index in [1.807, 2.05) is 0 Å². The van der Waals surface area contributed by atoms with E-state index in [1.54, 1.807) is 0 Å². The van der Waals surface area contributed by atoms with E-state index in [0.29, 0.717) is 12.0 Å². The van der Waals surface area contributed by atoms with Crippen LogP contribution in [0.2, 0.25) is 0 Å². The fourth-order valence-corrected chi connectivity index (χ4v) is 2.66. The summed E-state index contributed by atoms with van der Waals surface area (Å²) in [4.78, 5) is 2.47. The van der Waals surface area contributed by atoms with Crippen molar-refractivity contribution in [2.24, 2.45) is 11.1 Å². The van der Waals surface area contributed by atoms with Gasteiger partial charge in [0.25, 0.3) is 0 Å². The molecule has 0 spiro atoms. The highest BCUT2D eigenvalue weighted by molar-refractivity contribution is 4.84. The first-order chi connectivity index (χ1) is 7.65. The van der Waals surface area contributed by atoms with Crippen molar-refractivity contribution in [1.82, 2.24) is 4.90 Å². The van der Waals surface area contributed by atoms with Crippen molar-refractivity contribution in [2.45, 2.75) is 52.1 Å². The van der Waals surface area contributed by atoms with Crippen LogP contribution in [0.25, 0.3) is 0 Å². The molecule has 0 aromatic heterocycles. The maximum atomic E-state index is 9.43. The Kier molecular flexibility index (Phi) is 5.73. The summed E-state index contributed by atoms with van der Waals surface area (Å²) in [6.45, 7) is 8.41. The van der Waals surface area contributed by atoms with E-state index < -0.39 is 0 Å². The summed E-state index contributed by atoms with van der Waals surface area (Å²) in [5.41, 5.74) is 6.01. The first kappa shape index (κ1) is 13.9. The van der Waals surface area contributed by atoms with Crippen molar-refractivity contribution in [1.29, 1.82) is 0 Å². The normalized spacial score (nSPS) is 23.2. The number of likely N-dealkylation sites (tertiary alicyclic amines) is 1. The highest BCUT2D eigenvalue weighted by atomic mass is 16.3. The van der Waals surface area contributed by atoms with Crippen molar-refractivity contribution in [2.75, 3.05) is 26.2 Å². The van der Waals surface area contributed by atoms with Crippen LogP contribution in [0, 0.1) is 5.41 Å². The fourth-order valence-electron chi connectivity index (χ4n) is 2.66. The first-order valence-corrected chi connectivity index (χ1v) is 6.76. The molecule has 0 saturated carbocycles. The molecule has 0 amide bonds. The van der Waals surface area contributed by atoms with Gasteiger partial charge < -0.3 is 15.7 Å². The average molecular weight is 228 g/mol. The van der Waals surface area contributed by atoms with Gasteiger partial charge in [-0.25, -0.2) is 0 Å². The van der Waals surface area contributed by atoms with Gasteiger partial charge in [0.15, 0.2) is 0 Å². The number of nitrogens with zero attached hydrogens (tertiary/aromatic N) is 1. The van der Waals surface area contributed by atoms with E-state index in [1.165, 1.54) is 38.8 Å². The Labute approximate surface area is 100 Å². The van der Waals surface area contributed by atoms with Crippen LogP contribution in [-0.4, -0.2) is 42.3 Å². The van der Waals surface area contributed by atoms with E-state index in [4.69, 9.17) is 5.73 Å². The number of hydrogen-bond acceptors (Lipinski definition) is 3. The van der Waals surface area contributed by atoms with Crippen molar-refractivity contribution < 1.29 is 5.11 Å². The van der Waals surface area contributed by atoms with Gasteiger partial charge in [-0.1, -0.05) is 26.7 Å². The predicted octanol–water partition coefficient (Wildman–Crippen LogP) is 1.60. The topological polar surface area (TPSA) is 49.5 Å². The minimum Gasteiger partial charge on any atom is -0.392 e. The molecule has 16 heavy (non-hydrogen) atoms. The SMILES string of the molecule is CCC1(CC)CCN(CCC(O)CN)CC1. The zero-order chi connectivity index (χ0) is 12.0. The summed E-state index contributed by atoms with van der Waals surface area (Å²) in [6, 6.07) is 0. The summed E-state index contributed by atoms with van der Waals surface area (Å²) in [5, 5.41) is 9.43. The summed E-state index contributed by atoms with van der Waals surface area (Å²) >= 11 is 0. The average Bonchev–Trinajstić information content (AvgIpc) is 2.36. The molecule has 0 aromatic rings. The predicted molar refractivity (Wildman–Crippen MR) is 68.4 cm³/mol. The third-order valence-electron chi connectivity index (χ3n) is 4.47. The van der Waals surface area contributed by atoms with Gasteiger partial charge in [0.05, 0.1) is 6.10 Å². The van der Waals surface area contributed by atoms with Crippen LogP contribution in [-0.2, 0) is 0 Å². The molecule has 1 heterocycles. The second-order valence-corrected chi connectivity index (χ2v) is 5.23. The van der Waals surface area contributed by atoms with Crippen molar-refractivity contribution in [3.8, 4) is 0 Å². The van der Waals surface area contributed by atoms with Crippen LogP contribution in [0.15, 0.2) is 0 Å². The molecule has 0 bridgehead atoms. The van der Waals surface area contributed by atoms with Gasteiger partial charge in [0.2, 0.25) is 0 Å². The van der Waals surface area contributed by atoms with Crippen LogP contribution >= 0.6 is 0 Å². The van der Waals surface area contributed by atoms with Gasteiger partial charge in [-0.2, -0.15) is 0 Å². The Bertz CT molecular complexity index is 182. The van der Waals surface area contributed by atoms with Gasteiger partial charge in [-0.3, -0.25) is 0 Å². The number of nitrogens with two attached hydrogens (primary N) is 1. The molecule has 0 aliphatic carbocycles. The summed E-state index contributed by atoms with van der Waals surface area (Å²) < 4.78 is 0. The largest absolute Gasteiger partial charge is 0.392 e. The smallest absolute Gasteiger partial charge is 0.0674 e. The molecule has 3 heteroatoms. The molecule has 1 rings (SSSR count). The second kappa shape index (κ2) is 6.58. The zero-order valence-electron chi connectivity index (χ0n) is 10.9. The van der Waals surface area contributed by atoms with Gasteiger partial charge in [0, 0.05) is 13.1 Å². The molecule has 1 saturated heterocycles. The lowest BCUT2D eigenvalue weighted by Crippen LogP contribution is -2.41. The number of rotatable bonds is 6. The van der Waals surface area contributed by atoms with Crippen LogP contribution in [0.1, 0.15) is 46.0 Å². The highest BCUT2D eigenvalue weighted by Crippen LogP contribution is 2.37. The lowest BCUT2D eigenvalue weighted by Gasteiger charge is -2.41. The highest BCUT2D eigenvalue weighted by Gasteiger charge is 2.30. The summed E-state index contributed by atoms with van der Waals surface area (Å²) in [5.74, 6) is 0. The quantitative estimate of drug-likeness (QED) is 0.726. The van der Waals surface area contributed by atoms with Crippen LogP contribution < -0.4 is 5.73 Å². The molecule has 0 radical (unpaired) electrons. The molecule has 1 fully saturated rings. The molecule has 1 unspecified atom stereocenters. The lowest BCUT2D eigenvalue weighted by atomic mass is 9.74. The van der Waals surface area contributed by atoms with Gasteiger partial charge >= 0.3 is 0 Å². The van der Waals surface area contributed by atoms with E-state index >= 15 is 0 Å². The summed E-state index contributed by atoms with van der Waals surface area (Å²) in [6.07, 6.45) is 5.76. The fraction of sp³-hybridized carbons (Fsp3) is 1.00. The molecular weight excluding hydrogens is 200 g/mol. The number of piperidine rings is 1. The molecular formula is C13H28N2O. The molecule has 3 N–H and O–H groups in total. The van der Waals surface area contributed by atoms with Crippen molar-refractivity contribution in [3.05, 3.63) is 0 Å². The Balaban J connectivity index is 2.26. The molecule has 3 nitrogen and oxygen atoms in total. The second-order valence-electron chi connectivity index (χ2n) is 5.23. The maximum Gasteiger partial charge on any atom is 0.0674 e. The van der Waals surface area contributed by atoms with Crippen LogP contribution in [0.5, 0.6) is 0 Å². The Hall–Kier alpha value is -0.120. The third kappa shape index (κ3) is 3.72. The zero-order valence-corrected chi connectivity index (χ0v) is 10.9. The molecule has 96 valence electrons. The number of hydrogen-bond donors (Lipinski definition) is 2. The van der Waals surface area contributed by atoms with Crippen molar-refractivity contribution in [3.63, 3.8) is 0 Å². The van der Waals surface area contributed by atoms with Crippen LogP contribution in [0.3, 0.4) is 0 Å².